The quantitative estimate of drug-likeness (QED) is 0.837. The molecule has 1 aromatic carbocycles. The Morgan fingerprint density at radius 2 is 2.29 bits per heavy atom. The minimum atomic E-state index is -0.189. The molecule has 1 heterocycles. The lowest BCUT2D eigenvalue weighted by atomic mass is 10.2. The number of aromatic amines is 1. The molecular formula is C12H15N3O2. The van der Waals surface area contributed by atoms with Crippen molar-refractivity contribution in [2.75, 3.05) is 13.7 Å². The molecule has 2 N–H and O–H groups in total. The fourth-order valence-corrected chi connectivity index (χ4v) is 1.54. The number of aromatic nitrogens is 2. The van der Waals surface area contributed by atoms with E-state index in [0.717, 1.165) is 10.9 Å². The van der Waals surface area contributed by atoms with E-state index < -0.39 is 0 Å². The normalized spacial score (nSPS) is 12.6. The number of amides is 1. The van der Waals surface area contributed by atoms with Crippen LogP contribution in [-0.4, -0.2) is 35.9 Å². The Bertz CT molecular complexity index is 521. The third-order valence-electron chi connectivity index (χ3n) is 2.64. The van der Waals surface area contributed by atoms with Crippen molar-refractivity contribution >= 4 is 16.8 Å². The molecule has 90 valence electrons. The van der Waals surface area contributed by atoms with Crippen molar-refractivity contribution in [3.63, 3.8) is 0 Å². The van der Waals surface area contributed by atoms with Crippen LogP contribution in [0.4, 0.5) is 0 Å². The number of nitrogens with one attached hydrogen (secondary N) is 2. The van der Waals surface area contributed by atoms with E-state index in [9.17, 15) is 4.79 Å². The Morgan fingerprint density at radius 3 is 3.06 bits per heavy atom. The Balaban J connectivity index is 2.14. The van der Waals surface area contributed by atoms with Crippen LogP contribution in [0.25, 0.3) is 10.9 Å². The predicted molar refractivity (Wildman–Crippen MR) is 64.9 cm³/mol. The molecule has 0 saturated heterocycles. The maximum atomic E-state index is 11.9. The highest BCUT2D eigenvalue weighted by molar-refractivity contribution is 6.04. The second-order valence-electron chi connectivity index (χ2n) is 3.87. The predicted octanol–water partition coefficient (Wildman–Crippen LogP) is 1.33. The molecule has 1 unspecified atom stereocenters. The molecule has 2 aromatic rings. The van der Waals surface area contributed by atoms with E-state index in [-0.39, 0.29) is 12.0 Å². The first-order chi connectivity index (χ1) is 8.22. The smallest absolute Gasteiger partial charge is 0.272 e. The van der Waals surface area contributed by atoms with Gasteiger partial charge in [0.15, 0.2) is 5.69 Å². The minimum absolute atomic E-state index is 0.0100. The van der Waals surface area contributed by atoms with Gasteiger partial charge in [0.2, 0.25) is 0 Å². The molecule has 0 spiro atoms. The van der Waals surface area contributed by atoms with E-state index >= 15 is 0 Å². The summed E-state index contributed by atoms with van der Waals surface area (Å²) in [5.74, 6) is -0.189. The standard InChI is InChI=1S/C12H15N3O2/c1-8(17-2)7-13-12(16)11-9-5-3-4-6-10(9)14-15-11/h3-6,8H,7H2,1-2H3,(H,13,16)(H,14,15). The van der Waals surface area contributed by atoms with Crippen molar-refractivity contribution < 1.29 is 9.53 Å². The number of ether oxygens (including phenoxy) is 1. The number of methoxy groups -OCH3 is 1. The summed E-state index contributed by atoms with van der Waals surface area (Å²) in [5.41, 5.74) is 1.28. The number of hydrogen-bond donors (Lipinski definition) is 2. The van der Waals surface area contributed by atoms with E-state index in [4.69, 9.17) is 4.74 Å². The Labute approximate surface area is 99.2 Å². The molecule has 2 rings (SSSR count). The van der Waals surface area contributed by atoms with E-state index in [1.807, 2.05) is 31.2 Å². The van der Waals surface area contributed by atoms with Gasteiger partial charge < -0.3 is 10.1 Å². The van der Waals surface area contributed by atoms with Gasteiger partial charge in [-0.1, -0.05) is 18.2 Å². The molecule has 5 heteroatoms. The molecule has 0 aliphatic heterocycles. The molecule has 0 fully saturated rings. The number of nitrogens with zero attached hydrogens (tertiary/aromatic N) is 1. The maximum absolute atomic E-state index is 11.9. The molecular weight excluding hydrogens is 218 g/mol. The number of para-hydroxylation sites is 1. The van der Waals surface area contributed by atoms with Crippen molar-refractivity contribution in [2.24, 2.45) is 0 Å². The van der Waals surface area contributed by atoms with E-state index in [2.05, 4.69) is 15.5 Å². The first kappa shape index (κ1) is 11.6. The van der Waals surface area contributed by atoms with Crippen molar-refractivity contribution in [1.29, 1.82) is 0 Å². The third-order valence-corrected chi connectivity index (χ3v) is 2.64. The molecule has 5 nitrogen and oxygen atoms in total. The van der Waals surface area contributed by atoms with Crippen LogP contribution in [0.15, 0.2) is 24.3 Å². The number of rotatable bonds is 4. The molecule has 0 radical (unpaired) electrons. The van der Waals surface area contributed by atoms with Crippen molar-refractivity contribution in [3.05, 3.63) is 30.0 Å². The monoisotopic (exact) mass is 233 g/mol. The number of carbonyl (C=O) groups is 1. The van der Waals surface area contributed by atoms with Gasteiger partial charge in [-0.25, -0.2) is 0 Å². The van der Waals surface area contributed by atoms with Crippen LogP contribution in [0.1, 0.15) is 17.4 Å². The third kappa shape index (κ3) is 2.45. The number of H-pyrrole nitrogens is 1. The van der Waals surface area contributed by atoms with Crippen LogP contribution >= 0.6 is 0 Å². The second-order valence-corrected chi connectivity index (χ2v) is 3.87. The highest BCUT2D eigenvalue weighted by Gasteiger charge is 2.13. The second kappa shape index (κ2) is 4.97. The molecule has 1 amide bonds. The lowest BCUT2D eigenvalue weighted by Crippen LogP contribution is -2.31. The summed E-state index contributed by atoms with van der Waals surface area (Å²) in [4.78, 5) is 11.9. The molecule has 1 atom stereocenters. The van der Waals surface area contributed by atoms with E-state index in [1.54, 1.807) is 7.11 Å². The maximum Gasteiger partial charge on any atom is 0.272 e. The highest BCUT2D eigenvalue weighted by atomic mass is 16.5. The fourth-order valence-electron chi connectivity index (χ4n) is 1.54. The van der Waals surface area contributed by atoms with Gasteiger partial charge in [0.1, 0.15) is 0 Å². The SMILES string of the molecule is COC(C)CNC(=O)c1n[nH]c2ccccc12. The van der Waals surface area contributed by atoms with Crippen LogP contribution in [0.2, 0.25) is 0 Å². The molecule has 0 saturated carbocycles. The topological polar surface area (TPSA) is 67.0 Å². The average Bonchev–Trinajstić information content (AvgIpc) is 2.79. The van der Waals surface area contributed by atoms with Gasteiger partial charge in [-0.05, 0) is 13.0 Å². The Morgan fingerprint density at radius 1 is 1.53 bits per heavy atom. The van der Waals surface area contributed by atoms with Crippen molar-refractivity contribution in [2.45, 2.75) is 13.0 Å². The van der Waals surface area contributed by atoms with Gasteiger partial charge in [-0.15, -0.1) is 0 Å². The summed E-state index contributed by atoms with van der Waals surface area (Å²) >= 11 is 0. The van der Waals surface area contributed by atoms with Gasteiger partial charge in [0.05, 0.1) is 11.6 Å². The summed E-state index contributed by atoms with van der Waals surface area (Å²) in [7, 11) is 1.61. The highest BCUT2D eigenvalue weighted by Crippen LogP contribution is 2.14. The zero-order valence-corrected chi connectivity index (χ0v) is 9.86. The summed E-state index contributed by atoms with van der Waals surface area (Å²) in [6, 6.07) is 7.53. The summed E-state index contributed by atoms with van der Waals surface area (Å²) in [6.45, 7) is 2.36. The van der Waals surface area contributed by atoms with Crippen molar-refractivity contribution in [3.8, 4) is 0 Å². The first-order valence-electron chi connectivity index (χ1n) is 5.46. The number of hydrogen-bond acceptors (Lipinski definition) is 3. The van der Waals surface area contributed by atoms with E-state index in [0.29, 0.717) is 12.2 Å². The fraction of sp³-hybridized carbons (Fsp3) is 0.333. The molecule has 1 aromatic heterocycles. The van der Waals surface area contributed by atoms with Crippen LogP contribution in [-0.2, 0) is 4.74 Å². The van der Waals surface area contributed by atoms with Crippen molar-refractivity contribution in [1.82, 2.24) is 15.5 Å². The van der Waals surface area contributed by atoms with Gasteiger partial charge in [-0.3, -0.25) is 9.89 Å². The van der Waals surface area contributed by atoms with E-state index in [1.165, 1.54) is 0 Å². The molecule has 17 heavy (non-hydrogen) atoms. The molecule has 0 bridgehead atoms. The summed E-state index contributed by atoms with van der Waals surface area (Å²) in [6.07, 6.45) is -0.0100. The molecule has 0 aliphatic carbocycles. The summed E-state index contributed by atoms with van der Waals surface area (Å²) in [5, 5.41) is 10.5. The lowest BCUT2D eigenvalue weighted by molar-refractivity contribution is 0.0867. The molecule has 0 aliphatic rings. The van der Waals surface area contributed by atoms with Gasteiger partial charge in [0, 0.05) is 19.0 Å². The number of carbonyl (C=O) groups excluding carboxylic acids is 1. The number of benzene rings is 1. The minimum Gasteiger partial charge on any atom is -0.380 e. The van der Waals surface area contributed by atoms with Crippen LogP contribution in [0, 0.1) is 0 Å². The van der Waals surface area contributed by atoms with Crippen LogP contribution in [0.3, 0.4) is 0 Å². The van der Waals surface area contributed by atoms with Crippen LogP contribution < -0.4 is 5.32 Å². The average molecular weight is 233 g/mol. The van der Waals surface area contributed by atoms with Gasteiger partial charge in [-0.2, -0.15) is 5.10 Å². The van der Waals surface area contributed by atoms with Gasteiger partial charge in [0.25, 0.3) is 5.91 Å². The first-order valence-corrected chi connectivity index (χ1v) is 5.46. The number of fused-ring (bicyclic) bond motifs is 1. The zero-order chi connectivity index (χ0) is 12.3. The van der Waals surface area contributed by atoms with Crippen LogP contribution in [0.5, 0.6) is 0 Å². The van der Waals surface area contributed by atoms with Gasteiger partial charge >= 0.3 is 0 Å². The Kier molecular flexibility index (Phi) is 3.39. The zero-order valence-electron chi connectivity index (χ0n) is 9.86. The largest absolute Gasteiger partial charge is 0.380 e. The lowest BCUT2D eigenvalue weighted by Gasteiger charge is -2.09. The summed E-state index contributed by atoms with van der Waals surface area (Å²) < 4.78 is 5.06. The Hall–Kier alpha value is -1.88.